The average molecular weight is 367 g/mol. The van der Waals surface area contributed by atoms with Gasteiger partial charge in [0.2, 0.25) is 5.88 Å². The number of esters is 1. The van der Waals surface area contributed by atoms with Gasteiger partial charge in [0.05, 0.1) is 12.7 Å². The Bertz CT molecular complexity index is 747. The van der Waals surface area contributed by atoms with Crippen molar-refractivity contribution in [3.05, 3.63) is 58.5 Å². The number of ether oxygens (including phenoxy) is 2. The first-order chi connectivity index (χ1) is 11.9. The Labute approximate surface area is 149 Å². The summed E-state index contributed by atoms with van der Waals surface area (Å²) in [5, 5.41) is 0.223. The Morgan fingerprint density at radius 1 is 1.28 bits per heavy atom. The van der Waals surface area contributed by atoms with Gasteiger partial charge in [0.1, 0.15) is 5.82 Å². The van der Waals surface area contributed by atoms with Gasteiger partial charge in [-0.15, -0.1) is 0 Å². The van der Waals surface area contributed by atoms with Gasteiger partial charge in [0.15, 0.2) is 6.61 Å². The lowest BCUT2D eigenvalue weighted by atomic mass is 10.2. The van der Waals surface area contributed by atoms with Gasteiger partial charge in [-0.2, -0.15) is 0 Å². The molecule has 0 aliphatic carbocycles. The standard InChI is InChI=1S/C17H16ClFN2O4/c1-21(9-12-13(18)4-3-5-14(12)19)16(22)10-25-17(23)11-6-7-15(24-2)20-8-11/h3-8H,9-10H2,1-2H3. The van der Waals surface area contributed by atoms with E-state index >= 15 is 0 Å². The van der Waals surface area contributed by atoms with Crippen LogP contribution in [0, 0.1) is 5.82 Å². The fraction of sp³-hybridized carbons (Fsp3) is 0.235. The first-order valence-electron chi connectivity index (χ1n) is 7.26. The van der Waals surface area contributed by atoms with Crippen molar-refractivity contribution in [2.45, 2.75) is 6.54 Å². The van der Waals surface area contributed by atoms with Gasteiger partial charge >= 0.3 is 5.97 Å². The van der Waals surface area contributed by atoms with Crippen LogP contribution in [0.4, 0.5) is 4.39 Å². The largest absolute Gasteiger partial charge is 0.481 e. The molecule has 0 radical (unpaired) electrons. The van der Waals surface area contributed by atoms with E-state index in [2.05, 4.69) is 4.98 Å². The van der Waals surface area contributed by atoms with Crippen LogP contribution < -0.4 is 4.74 Å². The van der Waals surface area contributed by atoms with Crippen LogP contribution in [-0.2, 0) is 16.1 Å². The number of hydrogen-bond acceptors (Lipinski definition) is 5. The summed E-state index contributed by atoms with van der Waals surface area (Å²) < 4.78 is 23.6. The number of hydrogen-bond donors (Lipinski definition) is 0. The maximum atomic E-state index is 13.7. The quantitative estimate of drug-likeness (QED) is 0.735. The Morgan fingerprint density at radius 2 is 2.04 bits per heavy atom. The third kappa shape index (κ3) is 4.90. The predicted molar refractivity (Wildman–Crippen MR) is 89.0 cm³/mol. The number of carbonyl (C=O) groups excluding carboxylic acids is 2. The number of halogens is 2. The van der Waals surface area contributed by atoms with Gasteiger partial charge in [-0.25, -0.2) is 14.2 Å². The van der Waals surface area contributed by atoms with Crippen molar-refractivity contribution in [3.8, 4) is 5.88 Å². The van der Waals surface area contributed by atoms with E-state index in [-0.39, 0.29) is 22.7 Å². The second kappa shape index (κ2) is 8.43. The van der Waals surface area contributed by atoms with Crippen LogP contribution in [0.3, 0.4) is 0 Å². The zero-order valence-corrected chi connectivity index (χ0v) is 14.4. The molecule has 0 saturated heterocycles. The van der Waals surface area contributed by atoms with E-state index in [1.165, 1.54) is 55.6 Å². The lowest BCUT2D eigenvalue weighted by molar-refractivity contribution is -0.133. The molecule has 132 valence electrons. The summed E-state index contributed by atoms with van der Waals surface area (Å²) >= 11 is 5.93. The van der Waals surface area contributed by atoms with Gasteiger partial charge in [-0.05, 0) is 18.2 Å². The minimum Gasteiger partial charge on any atom is -0.481 e. The predicted octanol–water partition coefficient (Wildman–Crippen LogP) is 2.70. The van der Waals surface area contributed by atoms with Crippen LogP contribution in [-0.4, -0.2) is 42.5 Å². The fourth-order valence-electron chi connectivity index (χ4n) is 1.95. The smallest absolute Gasteiger partial charge is 0.340 e. The normalized spacial score (nSPS) is 10.2. The summed E-state index contributed by atoms with van der Waals surface area (Å²) in [6.45, 7) is -0.514. The molecule has 0 unspecified atom stereocenters. The molecule has 1 amide bonds. The van der Waals surface area contributed by atoms with Crippen molar-refractivity contribution in [3.63, 3.8) is 0 Å². The van der Waals surface area contributed by atoms with Crippen LogP contribution in [0.25, 0.3) is 0 Å². The molecule has 1 aromatic carbocycles. The Morgan fingerprint density at radius 3 is 2.64 bits per heavy atom. The van der Waals surface area contributed by atoms with Crippen LogP contribution >= 0.6 is 11.6 Å². The number of methoxy groups -OCH3 is 1. The second-order valence-electron chi connectivity index (χ2n) is 5.12. The van der Waals surface area contributed by atoms with Crippen LogP contribution in [0.1, 0.15) is 15.9 Å². The molecule has 0 fully saturated rings. The molecule has 25 heavy (non-hydrogen) atoms. The highest BCUT2D eigenvalue weighted by molar-refractivity contribution is 6.31. The van der Waals surface area contributed by atoms with Gasteiger partial charge < -0.3 is 14.4 Å². The van der Waals surface area contributed by atoms with Gasteiger partial charge in [0, 0.05) is 36.4 Å². The van der Waals surface area contributed by atoms with Crippen LogP contribution in [0.2, 0.25) is 5.02 Å². The molecule has 1 heterocycles. The van der Waals surface area contributed by atoms with Crippen molar-refractivity contribution in [2.75, 3.05) is 20.8 Å². The third-order valence-electron chi connectivity index (χ3n) is 3.39. The average Bonchev–Trinajstić information content (AvgIpc) is 2.62. The van der Waals surface area contributed by atoms with Crippen LogP contribution in [0.15, 0.2) is 36.5 Å². The van der Waals surface area contributed by atoms with E-state index < -0.39 is 24.3 Å². The monoisotopic (exact) mass is 366 g/mol. The lowest BCUT2D eigenvalue weighted by Crippen LogP contribution is -2.31. The zero-order valence-electron chi connectivity index (χ0n) is 13.7. The number of likely N-dealkylation sites (N-methyl/N-ethyl adjacent to an activating group) is 1. The number of carbonyl (C=O) groups is 2. The molecule has 8 heteroatoms. The van der Waals surface area contributed by atoms with Crippen molar-refractivity contribution < 1.29 is 23.5 Å². The number of nitrogens with zero attached hydrogens (tertiary/aromatic N) is 2. The van der Waals surface area contributed by atoms with Crippen molar-refractivity contribution >= 4 is 23.5 Å². The molecule has 0 atom stereocenters. The molecule has 0 spiro atoms. The van der Waals surface area contributed by atoms with E-state index in [4.69, 9.17) is 21.1 Å². The fourth-order valence-corrected chi connectivity index (χ4v) is 2.17. The van der Waals surface area contributed by atoms with Gasteiger partial charge in [-0.1, -0.05) is 17.7 Å². The maximum Gasteiger partial charge on any atom is 0.340 e. The van der Waals surface area contributed by atoms with E-state index in [9.17, 15) is 14.0 Å². The summed E-state index contributed by atoms with van der Waals surface area (Å²) in [6.07, 6.45) is 1.29. The lowest BCUT2D eigenvalue weighted by Gasteiger charge is -2.18. The molecule has 2 aromatic rings. The Kier molecular flexibility index (Phi) is 6.30. The summed E-state index contributed by atoms with van der Waals surface area (Å²) in [4.78, 5) is 29.0. The zero-order chi connectivity index (χ0) is 18.4. The minimum absolute atomic E-state index is 0.0357. The summed E-state index contributed by atoms with van der Waals surface area (Å²) in [5.74, 6) is -1.34. The van der Waals surface area contributed by atoms with Gasteiger partial charge in [0.25, 0.3) is 5.91 Å². The highest BCUT2D eigenvalue weighted by Gasteiger charge is 2.17. The molecule has 0 bridgehead atoms. The molecular weight excluding hydrogens is 351 g/mol. The number of amides is 1. The summed E-state index contributed by atoms with van der Waals surface area (Å²) in [7, 11) is 2.92. The maximum absolute atomic E-state index is 13.7. The molecular formula is C17H16ClFN2O4. The van der Waals surface area contributed by atoms with E-state index in [0.717, 1.165) is 0 Å². The Balaban J connectivity index is 1.91. The Hall–Kier alpha value is -2.67. The molecule has 0 N–H and O–H groups in total. The molecule has 2 rings (SSSR count). The third-order valence-corrected chi connectivity index (χ3v) is 3.74. The SMILES string of the molecule is COc1ccc(C(=O)OCC(=O)N(C)Cc2c(F)cccc2Cl)cn1. The van der Waals surface area contributed by atoms with E-state index in [1.54, 1.807) is 0 Å². The van der Waals surface area contributed by atoms with Gasteiger partial charge in [-0.3, -0.25) is 4.79 Å². The molecule has 1 aromatic heterocycles. The van der Waals surface area contributed by atoms with Crippen molar-refractivity contribution in [2.24, 2.45) is 0 Å². The number of pyridine rings is 1. The topological polar surface area (TPSA) is 68.7 Å². The molecule has 0 aliphatic heterocycles. The number of aromatic nitrogens is 1. The number of benzene rings is 1. The van der Waals surface area contributed by atoms with E-state index in [1.807, 2.05) is 0 Å². The molecule has 6 nitrogen and oxygen atoms in total. The first-order valence-corrected chi connectivity index (χ1v) is 7.64. The molecule has 0 aliphatic rings. The summed E-state index contributed by atoms with van der Waals surface area (Å²) in [6, 6.07) is 7.26. The highest BCUT2D eigenvalue weighted by Crippen LogP contribution is 2.20. The second-order valence-corrected chi connectivity index (χ2v) is 5.52. The van der Waals surface area contributed by atoms with E-state index in [0.29, 0.717) is 5.88 Å². The number of rotatable bonds is 6. The summed E-state index contributed by atoms with van der Waals surface area (Å²) in [5.41, 5.74) is 0.388. The molecule has 0 saturated carbocycles. The first kappa shape index (κ1) is 18.7. The van der Waals surface area contributed by atoms with Crippen LogP contribution in [0.5, 0.6) is 5.88 Å². The minimum atomic E-state index is -0.694. The van der Waals surface area contributed by atoms with Crippen molar-refractivity contribution in [1.82, 2.24) is 9.88 Å². The van der Waals surface area contributed by atoms with Crippen molar-refractivity contribution in [1.29, 1.82) is 0 Å². The highest BCUT2D eigenvalue weighted by atomic mass is 35.5.